The smallest absolute Gasteiger partial charge is 0.335 e. The average molecular weight is 663 g/mol. The quantitative estimate of drug-likeness (QED) is 0.240. The van der Waals surface area contributed by atoms with Gasteiger partial charge < -0.3 is 4.74 Å². The van der Waals surface area contributed by atoms with Crippen LogP contribution in [-0.4, -0.2) is 17.8 Å². The lowest BCUT2D eigenvalue weighted by Gasteiger charge is -2.26. The summed E-state index contributed by atoms with van der Waals surface area (Å²) in [6.45, 7) is 4.25. The molecular formula is C26H19Br3N2O4. The van der Waals surface area contributed by atoms with Crippen molar-refractivity contribution in [2.75, 3.05) is 4.90 Å². The Morgan fingerprint density at radius 1 is 0.914 bits per heavy atom. The molecule has 0 saturated carbocycles. The molecule has 0 unspecified atom stereocenters. The van der Waals surface area contributed by atoms with Crippen molar-refractivity contribution in [1.29, 1.82) is 0 Å². The van der Waals surface area contributed by atoms with Crippen molar-refractivity contribution in [1.82, 2.24) is 5.32 Å². The summed E-state index contributed by atoms with van der Waals surface area (Å²) >= 11 is 10.4. The monoisotopic (exact) mass is 660 g/mol. The average Bonchev–Trinajstić information content (AvgIpc) is 2.78. The summed E-state index contributed by atoms with van der Waals surface area (Å²) in [6, 6.07) is 15.8. The van der Waals surface area contributed by atoms with Gasteiger partial charge in [-0.25, -0.2) is 9.69 Å². The van der Waals surface area contributed by atoms with Crippen molar-refractivity contribution in [3.63, 3.8) is 0 Å². The lowest BCUT2D eigenvalue weighted by atomic mass is 10.1. The number of nitrogens with one attached hydrogen (secondary N) is 1. The van der Waals surface area contributed by atoms with Crippen LogP contribution in [-0.2, 0) is 16.2 Å². The van der Waals surface area contributed by atoms with Crippen LogP contribution < -0.4 is 15.0 Å². The molecule has 1 heterocycles. The molecular weight excluding hydrogens is 644 g/mol. The Morgan fingerprint density at radius 3 is 2.29 bits per heavy atom. The first kappa shape index (κ1) is 25.3. The minimum absolute atomic E-state index is 0.155. The molecule has 1 fully saturated rings. The largest absolute Gasteiger partial charge is 0.487 e. The van der Waals surface area contributed by atoms with Crippen molar-refractivity contribution in [2.24, 2.45) is 0 Å². The van der Waals surface area contributed by atoms with Crippen LogP contribution in [0.25, 0.3) is 6.08 Å². The van der Waals surface area contributed by atoms with E-state index >= 15 is 0 Å². The van der Waals surface area contributed by atoms with Crippen molar-refractivity contribution in [2.45, 2.75) is 20.5 Å². The molecule has 0 aliphatic carbocycles. The first-order valence-electron chi connectivity index (χ1n) is 10.5. The fraction of sp³-hybridized carbons (Fsp3) is 0.115. The predicted octanol–water partition coefficient (Wildman–Crippen LogP) is 6.84. The van der Waals surface area contributed by atoms with Crippen molar-refractivity contribution < 1.29 is 19.1 Å². The molecule has 4 amide bonds. The Balaban J connectivity index is 1.62. The van der Waals surface area contributed by atoms with Crippen LogP contribution in [0.4, 0.5) is 10.5 Å². The summed E-state index contributed by atoms with van der Waals surface area (Å²) < 4.78 is 8.12. The number of ether oxygens (including phenoxy) is 1. The number of nitrogens with zero attached hydrogens (tertiary/aromatic N) is 1. The molecule has 3 aromatic rings. The van der Waals surface area contributed by atoms with Gasteiger partial charge >= 0.3 is 6.03 Å². The third-order valence-electron chi connectivity index (χ3n) is 5.30. The Labute approximate surface area is 227 Å². The highest BCUT2D eigenvalue weighted by Gasteiger charge is 2.37. The molecule has 1 aliphatic rings. The van der Waals surface area contributed by atoms with Crippen LogP contribution in [0.3, 0.4) is 0 Å². The van der Waals surface area contributed by atoms with Gasteiger partial charge in [-0.05, 0) is 98.8 Å². The highest BCUT2D eigenvalue weighted by molar-refractivity contribution is 9.11. The molecule has 35 heavy (non-hydrogen) atoms. The SMILES string of the molecule is Cc1cccc(COc2c(Br)cc(/C=C3\C(=O)NC(=O)N(c4ccc(Br)c(C)c4)C3=O)cc2Br)c1. The maximum Gasteiger partial charge on any atom is 0.335 e. The number of amides is 4. The normalized spacial score (nSPS) is 14.9. The Morgan fingerprint density at radius 2 is 1.63 bits per heavy atom. The second kappa shape index (κ2) is 10.5. The molecule has 4 rings (SSSR count). The number of carbonyl (C=O) groups is 3. The zero-order chi connectivity index (χ0) is 25.3. The van der Waals surface area contributed by atoms with Gasteiger partial charge in [-0.15, -0.1) is 0 Å². The number of benzene rings is 3. The van der Waals surface area contributed by atoms with Gasteiger partial charge in [0.1, 0.15) is 17.9 Å². The zero-order valence-electron chi connectivity index (χ0n) is 18.7. The van der Waals surface area contributed by atoms with E-state index in [-0.39, 0.29) is 5.57 Å². The molecule has 0 aromatic heterocycles. The molecule has 0 radical (unpaired) electrons. The van der Waals surface area contributed by atoms with Crippen molar-refractivity contribution >= 4 is 77.4 Å². The van der Waals surface area contributed by atoms with E-state index in [1.165, 1.54) is 6.08 Å². The molecule has 9 heteroatoms. The topological polar surface area (TPSA) is 75.7 Å². The molecule has 6 nitrogen and oxygen atoms in total. The fourth-order valence-electron chi connectivity index (χ4n) is 3.58. The molecule has 3 aromatic carbocycles. The second-order valence-corrected chi connectivity index (χ2v) is 10.5. The van der Waals surface area contributed by atoms with E-state index in [4.69, 9.17) is 4.74 Å². The van der Waals surface area contributed by atoms with Crippen molar-refractivity contribution in [3.8, 4) is 5.75 Å². The van der Waals surface area contributed by atoms with Gasteiger partial charge in [0.05, 0.1) is 14.6 Å². The number of hydrogen-bond donors (Lipinski definition) is 1. The third-order valence-corrected chi connectivity index (χ3v) is 7.37. The molecule has 178 valence electrons. The van der Waals surface area contributed by atoms with Gasteiger partial charge in [-0.2, -0.15) is 0 Å². The van der Waals surface area contributed by atoms with E-state index in [0.29, 0.717) is 32.6 Å². The fourth-order valence-corrected chi connectivity index (χ4v) is 5.28. The van der Waals surface area contributed by atoms with Gasteiger partial charge in [0.25, 0.3) is 11.8 Å². The minimum Gasteiger partial charge on any atom is -0.487 e. The Bertz CT molecular complexity index is 1380. The highest BCUT2D eigenvalue weighted by atomic mass is 79.9. The molecule has 0 bridgehead atoms. The number of carbonyl (C=O) groups excluding carboxylic acids is 3. The van der Waals surface area contributed by atoms with E-state index in [0.717, 1.165) is 26.1 Å². The summed E-state index contributed by atoms with van der Waals surface area (Å²) in [5.41, 5.74) is 3.82. The number of rotatable bonds is 5. The Kier molecular flexibility index (Phi) is 7.59. The highest BCUT2D eigenvalue weighted by Crippen LogP contribution is 2.36. The van der Waals surface area contributed by atoms with E-state index < -0.39 is 17.8 Å². The molecule has 1 aliphatic heterocycles. The summed E-state index contributed by atoms with van der Waals surface area (Å²) in [5, 5.41) is 2.25. The summed E-state index contributed by atoms with van der Waals surface area (Å²) in [4.78, 5) is 39.2. The Hall–Kier alpha value is -2.75. The second-order valence-electron chi connectivity index (χ2n) is 7.98. The van der Waals surface area contributed by atoms with Crippen LogP contribution in [0, 0.1) is 13.8 Å². The number of barbiturate groups is 1. The number of imide groups is 2. The van der Waals surface area contributed by atoms with Crippen LogP contribution in [0.1, 0.15) is 22.3 Å². The van der Waals surface area contributed by atoms with Gasteiger partial charge in [0.15, 0.2) is 0 Å². The number of aryl methyl sites for hydroxylation is 2. The van der Waals surface area contributed by atoms with E-state index in [1.807, 2.05) is 38.1 Å². The third kappa shape index (κ3) is 5.58. The maximum absolute atomic E-state index is 13.2. The number of hydrogen-bond acceptors (Lipinski definition) is 4. The predicted molar refractivity (Wildman–Crippen MR) is 145 cm³/mol. The van der Waals surface area contributed by atoms with Crippen molar-refractivity contribution in [3.05, 3.63) is 95.8 Å². The number of urea groups is 1. The van der Waals surface area contributed by atoms with E-state index in [1.54, 1.807) is 30.3 Å². The molecule has 1 N–H and O–H groups in total. The first-order chi connectivity index (χ1) is 16.6. The molecule has 1 saturated heterocycles. The van der Waals surface area contributed by atoms with Crippen LogP contribution in [0.15, 0.2) is 73.6 Å². The standard InChI is InChI=1S/C26H19Br3N2O4/c1-14-4-3-5-16(8-14)13-35-23-21(28)11-17(12-22(23)29)10-19-24(32)30-26(34)31(25(19)33)18-6-7-20(27)15(2)9-18/h3-12H,13H2,1-2H3,(H,30,32,34)/b19-10+. The lowest BCUT2D eigenvalue weighted by Crippen LogP contribution is -2.54. The summed E-state index contributed by atoms with van der Waals surface area (Å²) in [7, 11) is 0. The van der Waals surface area contributed by atoms with Gasteiger partial charge in [-0.1, -0.05) is 45.8 Å². The zero-order valence-corrected chi connectivity index (χ0v) is 23.5. The minimum atomic E-state index is -0.791. The van der Waals surface area contributed by atoms with Gasteiger partial charge in [-0.3, -0.25) is 14.9 Å². The van der Waals surface area contributed by atoms with Crippen LogP contribution in [0.5, 0.6) is 5.75 Å². The van der Waals surface area contributed by atoms with E-state index in [9.17, 15) is 14.4 Å². The van der Waals surface area contributed by atoms with E-state index in [2.05, 4.69) is 53.1 Å². The first-order valence-corrected chi connectivity index (χ1v) is 12.9. The lowest BCUT2D eigenvalue weighted by molar-refractivity contribution is -0.122. The summed E-state index contributed by atoms with van der Waals surface area (Å²) in [6.07, 6.45) is 1.45. The number of anilines is 1. The van der Waals surface area contributed by atoms with Gasteiger partial charge in [0, 0.05) is 4.47 Å². The maximum atomic E-state index is 13.2. The van der Waals surface area contributed by atoms with Crippen LogP contribution in [0.2, 0.25) is 0 Å². The summed E-state index contributed by atoms with van der Waals surface area (Å²) in [5.74, 6) is -0.861. The van der Waals surface area contributed by atoms with Crippen LogP contribution >= 0.6 is 47.8 Å². The van der Waals surface area contributed by atoms with Gasteiger partial charge in [0.2, 0.25) is 0 Å². The molecule has 0 spiro atoms. The number of halogens is 3. The molecule has 0 atom stereocenters.